The van der Waals surface area contributed by atoms with Crippen molar-refractivity contribution in [3.8, 4) is 0 Å². The van der Waals surface area contributed by atoms with E-state index >= 15 is 0 Å². The fraction of sp³-hybridized carbons (Fsp3) is 0.611. The van der Waals surface area contributed by atoms with Crippen LogP contribution < -0.4 is 10.4 Å². The van der Waals surface area contributed by atoms with Gasteiger partial charge in [0.25, 0.3) is 0 Å². The minimum Gasteiger partial charge on any atom is -0.399 e. The largest absolute Gasteiger partial charge is 0.494 e. The number of hydrogen-bond donors (Lipinski definition) is 0. The van der Waals surface area contributed by atoms with Gasteiger partial charge in [-0.15, -0.1) is 0 Å². The summed E-state index contributed by atoms with van der Waals surface area (Å²) in [6.07, 6.45) is 2.69. The highest BCUT2D eigenvalue weighted by molar-refractivity contribution is 6.62. The molecule has 0 bridgehead atoms. The zero-order valence-corrected chi connectivity index (χ0v) is 14.8. The Balaban J connectivity index is 1.91. The van der Waals surface area contributed by atoms with E-state index in [1.165, 1.54) is 0 Å². The van der Waals surface area contributed by atoms with Crippen molar-refractivity contribution in [3.05, 3.63) is 23.8 Å². The van der Waals surface area contributed by atoms with Gasteiger partial charge >= 0.3 is 7.12 Å². The first-order valence-corrected chi connectivity index (χ1v) is 8.48. The lowest BCUT2D eigenvalue weighted by atomic mass is 9.78. The smallest absolute Gasteiger partial charge is 0.399 e. The highest BCUT2D eigenvalue weighted by Gasteiger charge is 2.51. The number of benzene rings is 1. The van der Waals surface area contributed by atoms with Crippen LogP contribution in [-0.2, 0) is 14.1 Å². The molecule has 2 heterocycles. The van der Waals surface area contributed by atoms with Crippen LogP contribution in [0.2, 0.25) is 0 Å². The molecule has 0 radical (unpaired) electrons. The second kappa shape index (κ2) is 5.64. The number of rotatable bonds is 2. The van der Waals surface area contributed by atoms with E-state index in [0.717, 1.165) is 36.1 Å². The van der Waals surface area contributed by atoms with Gasteiger partial charge in [-0.1, -0.05) is 12.1 Å². The molecule has 0 spiro atoms. The summed E-state index contributed by atoms with van der Waals surface area (Å²) < 4.78 is 12.3. The van der Waals surface area contributed by atoms with Crippen LogP contribution in [0, 0.1) is 6.92 Å². The summed E-state index contributed by atoms with van der Waals surface area (Å²) in [6.45, 7) is 11.1. The molecule has 124 valence electrons. The van der Waals surface area contributed by atoms with Crippen LogP contribution in [0.15, 0.2) is 18.2 Å². The van der Waals surface area contributed by atoms with E-state index in [-0.39, 0.29) is 24.2 Å². The lowest BCUT2D eigenvalue weighted by Crippen LogP contribution is -2.41. The number of carbonyl (C=O) groups excluding carboxylic acids is 1. The highest BCUT2D eigenvalue weighted by Crippen LogP contribution is 2.37. The molecule has 0 saturated carbocycles. The Hall–Kier alpha value is -1.33. The SMILES string of the molecule is Cc1ccc(B2OC(C)(C)C(C)(C)O2)cc1N1CCCCC1=O. The second-order valence-corrected chi connectivity index (χ2v) is 7.64. The average molecular weight is 315 g/mol. The van der Waals surface area contributed by atoms with Gasteiger partial charge in [0.15, 0.2) is 0 Å². The summed E-state index contributed by atoms with van der Waals surface area (Å²) in [5, 5.41) is 0. The van der Waals surface area contributed by atoms with Crippen molar-refractivity contribution in [3.63, 3.8) is 0 Å². The van der Waals surface area contributed by atoms with E-state index in [9.17, 15) is 4.79 Å². The molecule has 4 nitrogen and oxygen atoms in total. The van der Waals surface area contributed by atoms with Gasteiger partial charge in [-0.3, -0.25) is 4.79 Å². The van der Waals surface area contributed by atoms with Crippen molar-refractivity contribution in [1.29, 1.82) is 0 Å². The van der Waals surface area contributed by atoms with E-state index < -0.39 is 0 Å². The molecular weight excluding hydrogens is 289 g/mol. The molecule has 2 saturated heterocycles. The maximum atomic E-state index is 12.2. The van der Waals surface area contributed by atoms with Crippen molar-refractivity contribution in [2.75, 3.05) is 11.4 Å². The topological polar surface area (TPSA) is 38.8 Å². The summed E-state index contributed by atoms with van der Waals surface area (Å²) in [7, 11) is -0.390. The second-order valence-electron chi connectivity index (χ2n) is 7.64. The fourth-order valence-corrected chi connectivity index (χ4v) is 3.10. The lowest BCUT2D eigenvalue weighted by molar-refractivity contribution is -0.119. The van der Waals surface area contributed by atoms with Crippen molar-refractivity contribution >= 4 is 24.2 Å². The van der Waals surface area contributed by atoms with Crippen LogP contribution in [0.3, 0.4) is 0 Å². The molecule has 0 unspecified atom stereocenters. The third-order valence-electron chi connectivity index (χ3n) is 5.37. The van der Waals surface area contributed by atoms with E-state index in [1.807, 2.05) is 17.9 Å². The predicted octanol–water partition coefficient (Wildman–Crippen LogP) is 2.81. The first-order valence-electron chi connectivity index (χ1n) is 8.48. The van der Waals surface area contributed by atoms with Crippen LogP contribution >= 0.6 is 0 Å². The maximum absolute atomic E-state index is 12.2. The number of piperidine rings is 1. The molecule has 2 aliphatic rings. The number of carbonyl (C=O) groups is 1. The molecule has 2 fully saturated rings. The molecule has 0 aromatic heterocycles. The van der Waals surface area contributed by atoms with Crippen LogP contribution in [0.5, 0.6) is 0 Å². The first kappa shape index (κ1) is 16.5. The van der Waals surface area contributed by atoms with E-state index in [0.29, 0.717) is 6.42 Å². The summed E-state index contributed by atoms with van der Waals surface area (Å²) in [5.41, 5.74) is 2.36. The number of aryl methyl sites for hydroxylation is 1. The molecule has 1 aromatic rings. The van der Waals surface area contributed by atoms with Crippen molar-refractivity contribution in [2.24, 2.45) is 0 Å². The molecule has 23 heavy (non-hydrogen) atoms. The third-order valence-corrected chi connectivity index (χ3v) is 5.37. The summed E-state index contributed by atoms with van der Waals surface area (Å²) in [4.78, 5) is 14.2. The quantitative estimate of drug-likeness (QED) is 0.788. The number of nitrogens with zero attached hydrogens (tertiary/aromatic N) is 1. The van der Waals surface area contributed by atoms with Crippen LogP contribution in [-0.4, -0.2) is 30.8 Å². The van der Waals surface area contributed by atoms with E-state index in [1.54, 1.807) is 0 Å². The van der Waals surface area contributed by atoms with Crippen molar-refractivity contribution < 1.29 is 14.1 Å². The van der Waals surface area contributed by atoms with Gasteiger partial charge in [-0.2, -0.15) is 0 Å². The van der Waals surface area contributed by atoms with Gasteiger partial charge in [0.2, 0.25) is 5.91 Å². The Kier molecular flexibility index (Phi) is 4.05. The van der Waals surface area contributed by atoms with Gasteiger partial charge in [0, 0.05) is 18.7 Å². The molecule has 0 atom stereocenters. The molecular formula is C18H26BNO3. The van der Waals surface area contributed by atoms with Crippen LogP contribution in [0.1, 0.15) is 52.5 Å². The van der Waals surface area contributed by atoms with Crippen molar-refractivity contribution in [1.82, 2.24) is 0 Å². The number of amides is 1. The third kappa shape index (κ3) is 2.92. The molecule has 3 rings (SSSR count). The first-order chi connectivity index (χ1) is 10.7. The summed E-state index contributed by atoms with van der Waals surface area (Å²) >= 11 is 0. The Morgan fingerprint density at radius 3 is 2.35 bits per heavy atom. The standard InChI is InChI=1S/C18H26BNO3/c1-13-9-10-14(19-22-17(2,3)18(4,5)23-19)12-15(13)20-11-7-6-8-16(20)21/h9-10,12H,6-8,11H2,1-5H3. The van der Waals surface area contributed by atoms with E-state index in [4.69, 9.17) is 9.31 Å². The predicted molar refractivity (Wildman–Crippen MR) is 93.1 cm³/mol. The van der Waals surface area contributed by atoms with Gasteiger partial charge in [-0.05, 0) is 64.6 Å². The van der Waals surface area contributed by atoms with Crippen molar-refractivity contribution in [2.45, 2.75) is 65.1 Å². The van der Waals surface area contributed by atoms with Gasteiger partial charge in [0.1, 0.15) is 0 Å². The van der Waals surface area contributed by atoms with Crippen LogP contribution in [0.25, 0.3) is 0 Å². The number of anilines is 1. The normalized spacial score (nSPS) is 23.4. The summed E-state index contributed by atoms with van der Waals surface area (Å²) in [6, 6.07) is 6.15. The zero-order valence-electron chi connectivity index (χ0n) is 14.8. The molecule has 0 N–H and O–H groups in total. The molecule has 0 aliphatic carbocycles. The lowest BCUT2D eigenvalue weighted by Gasteiger charge is -2.32. The number of hydrogen-bond acceptors (Lipinski definition) is 3. The van der Waals surface area contributed by atoms with E-state index in [2.05, 4.69) is 39.8 Å². The Bertz CT molecular complexity index is 611. The molecule has 2 aliphatic heterocycles. The molecule has 1 amide bonds. The van der Waals surface area contributed by atoms with Gasteiger partial charge in [0.05, 0.1) is 11.2 Å². The average Bonchev–Trinajstić information content (AvgIpc) is 2.69. The monoisotopic (exact) mass is 315 g/mol. The van der Waals surface area contributed by atoms with Gasteiger partial charge < -0.3 is 14.2 Å². The minimum absolute atomic E-state index is 0.213. The minimum atomic E-state index is -0.390. The highest BCUT2D eigenvalue weighted by atomic mass is 16.7. The fourth-order valence-electron chi connectivity index (χ4n) is 3.10. The molecule has 1 aromatic carbocycles. The van der Waals surface area contributed by atoms with Gasteiger partial charge in [-0.25, -0.2) is 0 Å². The Morgan fingerprint density at radius 1 is 1.09 bits per heavy atom. The zero-order chi connectivity index (χ0) is 16.8. The maximum Gasteiger partial charge on any atom is 0.494 e. The Labute approximate surface area is 139 Å². The molecule has 5 heteroatoms. The van der Waals surface area contributed by atoms with Crippen LogP contribution in [0.4, 0.5) is 5.69 Å². The summed E-state index contributed by atoms with van der Waals surface area (Å²) in [5.74, 6) is 0.213. The Morgan fingerprint density at radius 2 is 1.74 bits per heavy atom.